The summed E-state index contributed by atoms with van der Waals surface area (Å²) in [5, 5.41) is 0. The second kappa shape index (κ2) is 1.96. The molecule has 0 amide bonds. The van der Waals surface area contributed by atoms with Crippen LogP contribution in [0.1, 0.15) is 19.3 Å². The van der Waals surface area contributed by atoms with E-state index in [2.05, 4.69) is 4.90 Å². The minimum atomic E-state index is 0.493. The van der Waals surface area contributed by atoms with Crippen molar-refractivity contribution in [2.45, 2.75) is 31.3 Å². The Kier molecular flexibility index (Phi) is 1.24. The van der Waals surface area contributed by atoms with Crippen molar-refractivity contribution in [2.24, 2.45) is 5.73 Å². The van der Waals surface area contributed by atoms with Crippen molar-refractivity contribution in [2.75, 3.05) is 13.1 Å². The van der Waals surface area contributed by atoms with E-state index in [1.54, 1.807) is 0 Å². The highest BCUT2D eigenvalue weighted by Crippen LogP contribution is 2.26. The van der Waals surface area contributed by atoms with Gasteiger partial charge in [0.1, 0.15) is 0 Å². The third-order valence-electron chi connectivity index (χ3n) is 2.66. The standard InChI is InChI=1S/C7H14N2/c8-6-3-5-9-4-1-2-7(6)9/h6-7H,1-5,8H2/t6-,7?/m0/s1. The number of hydrogen-bond acceptors (Lipinski definition) is 2. The van der Waals surface area contributed by atoms with Gasteiger partial charge >= 0.3 is 0 Å². The van der Waals surface area contributed by atoms with E-state index >= 15 is 0 Å². The van der Waals surface area contributed by atoms with Crippen molar-refractivity contribution >= 4 is 0 Å². The summed E-state index contributed by atoms with van der Waals surface area (Å²) in [6, 6.07) is 1.25. The van der Waals surface area contributed by atoms with Gasteiger partial charge in [-0.15, -0.1) is 0 Å². The molecule has 0 aromatic heterocycles. The van der Waals surface area contributed by atoms with E-state index in [-0.39, 0.29) is 0 Å². The first-order chi connectivity index (χ1) is 4.38. The molecule has 2 aliphatic heterocycles. The van der Waals surface area contributed by atoms with E-state index in [1.165, 1.54) is 32.4 Å². The number of nitrogens with two attached hydrogens (primary N) is 1. The van der Waals surface area contributed by atoms with Crippen LogP contribution < -0.4 is 5.73 Å². The molecule has 2 rings (SSSR count). The Bertz CT molecular complexity index is 113. The molecule has 0 spiro atoms. The molecule has 2 aliphatic rings. The normalized spacial score (nSPS) is 43.7. The van der Waals surface area contributed by atoms with Gasteiger partial charge in [-0.05, 0) is 25.8 Å². The quantitative estimate of drug-likeness (QED) is 0.502. The molecule has 2 N–H and O–H groups in total. The molecular formula is C7H14N2. The van der Waals surface area contributed by atoms with Crippen LogP contribution in [-0.4, -0.2) is 30.1 Å². The molecule has 9 heavy (non-hydrogen) atoms. The van der Waals surface area contributed by atoms with Gasteiger partial charge in [-0.3, -0.25) is 4.90 Å². The molecule has 52 valence electrons. The van der Waals surface area contributed by atoms with Gasteiger partial charge in [-0.25, -0.2) is 0 Å². The van der Waals surface area contributed by atoms with E-state index in [1.807, 2.05) is 0 Å². The molecule has 2 atom stereocenters. The molecule has 2 heteroatoms. The summed E-state index contributed by atoms with van der Waals surface area (Å²) in [6.07, 6.45) is 3.95. The fraction of sp³-hybridized carbons (Fsp3) is 1.00. The lowest BCUT2D eigenvalue weighted by molar-refractivity contribution is 0.314. The van der Waals surface area contributed by atoms with E-state index in [4.69, 9.17) is 5.73 Å². The van der Waals surface area contributed by atoms with Gasteiger partial charge in [0.25, 0.3) is 0 Å². The molecule has 0 aliphatic carbocycles. The van der Waals surface area contributed by atoms with Crippen LogP contribution in [0.5, 0.6) is 0 Å². The predicted molar refractivity (Wildman–Crippen MR) is 37.2 cm³/mol. The van der Waals surface area contributed by atoms with Crippen molar-refractivity contribution in [1.82, 2.24) is 4.90 Å². The molecular weight excluding hydrogens is 112 g/mol. The number of hydrogen-bond donors (Lipinski definition) is 1. The van der Waals surface area contributed by atoms with Gasteiger partial charge < -0.3 is 5.73 Å². The zero-order chi connectivity index (χ0) is 6.27. The Morgan fingerprint density at radius 3 is 2.89 bits per heavy atom. The number of rotatable bonds is 0. The lowest BCUT2D eigenvalue weighted by Crippen LogP contribution is -2.34. The molecule has 2 heterocycles. The maximum atomic E-state index is 5.88. The second-order valence-electron chi connectivity index (χ2n) is 3.20. The van der Waals surface area contributed by atoms with Crippen molar-refractivity contribution in [3.05, 3.63) is 0 Å². The first-order valence-electron chi connectivity index (χ1n) is 3.87. The van der Waals surface area contributed by atoms with Gasteiger partial charge in [0.15, 0.2) is 0 Å². The van der Waals surface area contributed by atoms with Crippen molar-refractivity contribution < 1.29 is 0 Å². The molecule has 2 fully saturated rings. The van der Waals surface area contributed by atoms with Gasteiger partial charge in [-0.2, -0.15) is 0 Å². The first kappa shape index (κ1) is 5.69. The Balaban J connectivity index is 2.07. The minimum absolute atomic E-state index is 0.493. The van der Waals surface area contributed by atoms with Crippen LogP contribution in [0.25, 0.3) is 0 Å². The highest BCUT2D eigenvalue weighted by atomic mass is 15.2. The average Bonchev–Trinajstić information content (AvgIpc) is 2.35. The van der Waals surface area contributed by atoms with Crippen LogP contribution in [0.4, 0.5) is 0 Å². The SMILES string of the molecule is N[C@H]1CCN2CCCC12. The van der Waals surface area contributed by atoms with Crippen molar-refractivity contribution in [3.8, 4) is 0 Å². The third-order valence-corrected chi connectivity index (χ3v) is 2.66. The third kappa shape index (κ3) is 0.775. The molecule has 0 aromatic carbocycles. The van der Waals surface area contributed by atoms with Crippen molar-refractivity contribution in [1.29, 1.82) is 0 Å². The largest absolute Gasteiger partial charge is 0.326 e. The summed E-state index contributed by atoms with van der Waals surface area (Å²) in [7, 11) is 0. The Morgan fingerprint density at radius 1 is 1.22 bits per heavy atom. The summed E-state index contributed by atoms with van der Waals surface area (Å²) in [6.45, 7) is 2.56. The fourth-order valence-corrected chi connectivity index (χ4v) is 2.12. The Labute approximate surface area is 56.0 Å². The van der Waals surface area contributed by atoms with Crippen molar-refractivity contribution in [3.63, 3.8) is 0 Å². The maximum Gasteiger partial charge on any atom is 0.0248 e. The monoisotopic (exact) mass is 126 g/mol. The topological polar surface area (TPSA) is 29.3 Å². The van der Waals surface area contributed by atoms with Gasteiger partial charge in [-0.1, -0.05) is 0 Å². The number of nitrogens with zero attached hydrogens (tertiary/aromatic N) is 1. The lowest BCUT2D eigenvalue weighted by atomic mass is 10.1. The highest BCUT2D eigenvalue weighted by molar-refractivity contribution is 4.93. The van der Waals surface area contributed by atoms with Crippen LogP contribution in [0.15, 0.2) is 0 Å². The van der Waals surface area contributed by atoms with E-state index in [0.717, 1.165) is 6.04 Å². The van der Waals surface area contributed by atoms with E-state index < -0.39 is 0 Å². The first-order valence-corrected chi connectivity index (χ1v) is 3.87. The molecule has 0 aromatic rings. The van der Waals surface area contributed by atoms with Crippen LogP contribution >= 0.6 is 0 Å². The highest BCUT2D eigenvalue weighted by Gasteiger charge is 2.34. The van der Waals surface area contributed by atoms with Gasteiger partial charge in [0.2, 0.25) is 0 Å². The summed E-state index contributed by atoms with van der Waals surface area (Å²) in [5.74, 6) is 0. The molecule has 0 bridgehead atoms. The van der Waals surface area contributed by atoms with Crippen LogP contribution in [0, 0.1) is 0 Å². The molecule has 0 radical (unpaired) electrons. The lowest BCUT2D eigenvalue weighted by Gasteiger charge is -2.15. The second-order valence-corrected chi connectivity index (χ2v) is 3.20. The van der Waals surface area contributed by atoms with E-state index in [9.17, 15) is 0 Å². The summed E-state index contributed by atoms with van der Waals surface area (Å²) < 4.78 is 0. The number of fused-ring (bicyclic) bond motifs is 1. The Morgan fingerprint density at radius 2 is 2.11 bits per heavy atom. The molecule has 0 saturated carbocycles. The summed E-state index contributed by atoms with van der Waals surface area (Å²) in [5.41, 5.74) is 5.88. The molecule has 2 saturated heterocycles. The maximum absolute atomic E-state index is 5.88. The van der Waals surface area contributed by atoms with Crippen LogP contribution in [0.3, 0.4) is 0 Å². The average molecular weight is 126 g/mol. The summed E-state index contributed by atoms with van der Waals surface area (Å²) >= 11 is 0. The summed E-state index contributed by atoms with van der Waals surface area (Å²) in [4.78, 5) is 2.53. The molecule has 1 unspecified atom stereocenters. The van der Waals surface area contributed by atoms with Gasteiger partial charge in [0.05, 0.1) is 0 Å². The minimum Gasteiger partial charge on any atom is -0.326 e. The zero-order valence-electron chi connectivity index (χ0n) is 5.71. The van der Waals surface area contributed by atoms with E-state index in [0.29, 0.717) is 6.04 Å². The van der Waals surface area contributed by atoms with Gasteiger partial charge in [0, 0.05) is 18.6 Å². The smallest absolute Gasteiger partial charge is 0.0248 e. The predicted octanol–water partition coefficient (Wildman–Crippen LogP) is 0.182. The zero-order valence-corrected chi connectivity index (χ0v) is 5.71. The Hall–Kier alpha value is -0.0800. The van der Waals surface area contributed by atoms with Crippen LogP contribution in [0.2, 0.25) is 0 Å². The fourth-order valence-electron chi connectivity index (χ4n) is 2.12. The molecule has 2 nitrogen and oxygen atoms in total. The van der Waals surface area contributed by atoms with Crippen LogP contribution in [-0.2, 0) is 0 Å².